The molecular formula is C8H9ClIN. The van der Waals surface area contributed by atoms with Crippen LogP contribution in [0.2, 0.25) is 5.02 Å². The van der Waals surface area contributed by atoms with Crippen molar-refractivity contribution in [3.8, 4) is 0 Å². The van der Waals surface area contributed by atoms with Crippen LogP contribution in [0.3, 0.4) is 0 Å². The van der Waals surface area contributed by atoms with Crippen molar-refractivity contribution in [2.24, 2.45) is 0 Å². The molecule has 0 saturated carbocycles. The molecule has 3 heteroatoms. The molecular weight excluding hydrogens is 272 g/mol. The van der Waals surface area contributed by atoms with Gasteiger partial charge in [-0.1, -0.05) is 11.6 Å². The minimum absolute atomic E-state index is 0.802. The maximum atomic E-state index is 5.82. The Balaban J connectivity index is 2.93. The van der Waals surface area contributed by atoms with Gasteiger partial charge in [-0.05, 0) is 53.4 Å². The quantitative estimate of drug-likeness (QED) is 0.822. The maximum absolute atomic E-state index is 5.82. The zero-order valence-electron chi connectivity index (χ0n) is 6.20. The molecule has 0 aliphatic heterocycles. The summed E-state index contributed by atoms with van der Waals surface area (Å²) in [5.41, 5.74) is 1.25. The zero-order valence-corrected chi connectivity index (χ0v) is 9.11. The van der Waals surface area contributed by atoms with Crippen LogP contribution in [0.15, 0.2) is 18.2 Å². The van der Waals surface area contributed by atoms with Crippen LogP contribution in [0.5, 0.6) is 0 Å². The molecule has 1 aromatic rings. The Kier molecular flexibility index (Phi) is 3.62. The minimum atomic E-state index is 0.802. The number of rotatable bonds is 2. The summed E-state index contributed by atoms with van der Waals surface area (Å²) in [6, 6.07) is 5.91. The molecule has 1 nitrogen and oxygen atoms in total. The molecule has 0 amide bonds. The summed E-state index contributed by atoms with van der Waals surface area (Å²) < 4.78 is 1.25. The van der Waals surface area contributed by atoms with Crippen LogP contribution in [0, 0.1) is 3.57 Å². The maximum Gasteiger partial charge on any atom is 0.0409 e. The lowest BCUT2D eigenvalue weighted by atomic mass is 10.2. The van der Waals surface area contributed by atoms with E-state index in [-0.39, 0.29) is 0 Å². The van der Waals surface area contributed by atoms with Crippen molar-refractivity contribution in [2.75, 3.05) is 7.05 Å². The van der Waals surface area contributed by atoms with Gasteiger partial charge in [0.2, 0.25) is 0 Å². The molecule has 0 aromatic heterocycles. The van der Waals surface area contributed by atoms with Crippen LogP contribution in [-0.4, -0.2) is 7.05 Å². The molecule has 1 rings (SSSR count). The number of halogens is 2. The summed E-state index contributed by atoms with van der Waals surface area (Å²) in [5, 5.41) is 3.89. The van der Waals surface area contributed by atoms with Gasteiger partial charge in [0, 0.05) is 15.1 Å². The summed E-state index contributed by atoms with van der Waals surface area (Å²) in [5.74, 6) is 0. The van der Waals surface area contributed by atoms with Crippen LogP contribution in [0.1, 0.15) is 5.56 Å². The van der Waals surface area contributed by atoms with E-state index in [0.29, 0.717) is 0 Å². The SMILES string of the molecule is CNCc1cc(Cl)ccc1I. The second kappa shape index (κ2) is 4.28. The number of nitrogens with one attached hydrogen (secondary N) is 1. The van der Waals surface area contributed by atoms with Crippen molar-refractivity contribution in [3.05, 3.63) is 32.4 Å². The minimum Gasteiger partial charge on any atom is -0.316 e. The lowest BCUT2D eigenvalue weighted by molar-refractivity contribution is 0.814. The Morgan fingerprint density at radius 3 is 2.91 bits per heavy atom. The summed E-state index contributed by atoms with van der Waals surface area (Å²) in [6.45, 7) is 0.874. The third-order valence-electron chi connectivity index (χ3n) is 1.37. The molecule has 0 spiro atoms. The average Bonchev–Trinajstić information content (AvgIpc) is 1.98. The molecule has 0 unspecified atom stereocenters. The molecule has 0 aliphatic rings. The lowest BCUT2D eigenvalue weighted by Crippen LogP contribution is -2.06. The van der Waals surface area contributed by atoms with Crippen molar-refractivity contribution in [2.45, 2.75) is 6.54 Å². The average molecular weight is 282 g/mol. The van der Waals surface area contributed by atoms with E-state index < -0.39 is 0 Å². The van der Waals surface area contributed by atoms with Gasteiger partial charge >= 0.3 is 0 Å². The Morgan fingerprint density at radius 2 is 2.27 bits per heavy atom. The van der Waals surface area contributed by atoms with Crippen molar-refractivity contribution in [1.82, 2.24) is 5.32 Å². The molecule has 0 radical (unpaired) electrons. The van der Waals surface area contributed by atoms with E-state index in [2.05, 4.69) is 27.9 Å². The van der Waals surface area contributed by atoms with Crippen LogP contribution in [0.25, 0.3) is 0 Å². The normalized spacial score (nSPS) is 10.1. The van der Waals surface area contributed by atoms with Gasteiger partial charge in [0.05, 0.1) is 0 Å². The number of hydrogen-bond donors (Lipinski definition) is 1. The predicted octanol–water partition coefficient (Wildman–Crippen LogP) is 2.66. The van der Waals surface area contributed by atoms with Crippen LogP contribution >= 0.6 is 34.2 Å². The van der Waals surface area contributed by atoms with Gasteiger partial charge in [0.25, 0.3) is 0 Å². The molecule has 0 fully saturated rings. The van der Waals surface area contributed by atoms with Crippen LogP contribution in [0.4, 0.5) is 0 Å². The highest BCUT2D eigenvalue weighted by Gasteiger charge is 1.97. The summed E-state index contributed by atoms with van der Waals surface area (Å²) >= 11 is 8.12. The first kappa shape index (κ1) is 9.29. The van der Waals surface area contributed by atoms with Gasteiger partial charge in [0.1, 0.15) is 0 Å². The first-order valence-electron chi connectivity index (χ1n) is 3.32. The third-order valence-corrected chi connectivity index (χ3v) is 2.66. The molecule has 0 atom stereocenters. The van der Waals surface area contributed by atoms with Crippen LogP contribution < -0.4 is 5.32 Å². The van der Waals surface area contributed by atoms with E-state index in [1.165, 1.54) is 9.13 Å². The molecule has 0 aliphatic carbocycles. The summed E-state index contributed by atoms with van der Waals surface area (Å²) in [6.07, 6.45) is 0. The second-order valence-corrected chi connectivity index (χ2v) is 3.86. The fourth-order valence-electron chi connectivity index (χ4n) is 0.869. The highest BCUT2D eigenvalue weighted by molar-refractivity contribution is 14.1. The van der Waals surface area contributed by atoms with Crippen molar-refractivity contribution in [3.63, 3.8) is 0 Å². The Morgan fingerprint density at radius 1 is 1.55 bits per heavy atom. The zero-order chi connectivity index (χ0) is 8.27. The fraction of sp³-hybridized carbons (Fsp3) is 0.250. The Hall–Kier alpha value is 0.200. The van der Waals surface area contributed by atoms with E-state index >= 15 is 0 Å². The van der Waals surface area contributed by atoms with E-state index in [1.807, 2.05) is 25.2 Å². The fourth-order valence-corrected chi connectivity index (χ4v) is 1.59. The summed E-state index contributed by atoms with van der Waals surface area (Å²) in [4.78, 5) is 0. The predicted molar refractivity (Wildman–Crippen MR) is 56.9 cm³/mol. The highest BCUT2D eigenvalue weighted by atomic mass is 127. The van der Waals surface area contributed by atoms with Crippen LogP contribution in [-0.2, 0) is 6.54 Å². The highest BCUT2D eigenvalue weighted by Crippen LogP contribution is 2.17. The molecule has 11 heavy (non-hydrogen) atoms. The second-order valence-electron chi connectivity index (χ2n) is 2.27. The summed E-state index contributed by atoms with van der Waals surface area (Å²) in [7, 11) is 1.93. The van der Waals surface area contributed by atoms with E-state index in [1.54, 1.807) is 0 Å². The third kappa shape index (κ3) is 2.61. The van der Waals surface area contributed by atoms with Gasteiger partial charge in [-0.2, -0.15) is 0 Å². The molecule has 0 heterocycles. The van der Waals surface area contributed by atoms with Gasteiger partial charge in [-0.15, -0.1) is 0 Å². The Bertz CT molecular complexity index is 250. The number of benzene rings is 1. The smallest absolute Gasteiger partial charge is 0.0409 e. The lowest BCUT2D eigenvalue weighted by Gasteiger charge is -2.02. The van der Waals surface area contributed by atoms with Gasteiger partial charge in [-0.25, -0.2) is 0 Å². The monoisotopic (exact) mass is 281 g/mol. The van der Waals surface area contributed by atoms with Gasteiger partial charge < -0.3 is 5.32 Å². The molecule has 1 aromatic carbocycles. The van der Waals surface area contributed by atoms with E-state index in [9.17, 15) is 0 Å². The van der Waals surface area contributed by atoms with Crippen molar-refractivity contribution >= 4 is 34.2 Å². The molecule has 0 saturated heterocycles. The van der Waals surface area contributed by atoms with Gasteiger partial charge in [0.15, 0.2) is 0 Å². The first-order valence-corrected chi connectivity index (χ1v) is 4.78. The van der Waals surface area contributed by atoms with Gasteiger partial charge in [-0.3, -0.25) is 0 Å². The topological polar surface area (TPSA) is 12.0 Å². The first-order chi connectivity index (χ1) is 5.24. The largest absolute Gasteiger partial charge is 0.316 e. The Labute approximate surface area is 85.3 Å². The van der Waals surface area contributed by atoms with Crippen molar-refractivity contribution in [1.29, 1.82) is 0 Å². The molecule has 60 valence electrons. The van der Waals surface area contributed by atoms with E-state index in [4.69, 9.17) is 11.6 Å². The standard InChI is InChI=1S/C8H9ClIN/c1-11-5-6-4-7(9)2-3-8(6)10/h2-4,11H,5H2,1H3. The van der Waals surface area contributed by atoms with E-state index in [0.717, 1.165) is 11.6 Å². The molecule has 1 N–H and O–H groups in total. The van der Waals surface area contributed by atoms with Crippen molar-refractivity contribution < 1.29 is 0 Å². The molecule has 0 bridgehead atoms. The number of hydrogen-bond acceptors (Lipinski definition) is 1.